The monoisotopic (exact) mass is 809 g/mol. The smallest absolute Gasteiger partial charge is 0.167 e. The van der Waals surface area contributed by atoms with Crippen LogP contribution in [0.4, 0.5) is 0 Å². The summed E-state index contributed by atoms with van der Waals surface area (Å²) in [5.41, 5.74) is 11.2. The van der Waals surface area contributed by atoms with Crippen LogP contribution in [0.3, 0.4) is 0 Å². The molecule has 0 radical (unpaired) electrons. The van der Waals surface area contributed by atoms with Crippen molar-refractivity contribution in [2.75, 3.05) is 0 Å². The van der Waals surface area contributed by atoms with Crippen molar-refractivity contribution in [1.82, 2.24) is 24.5 Å². The van der Waals surface area contributed by atoms with Gasteiger partial charge in [0.15, 0.2) is 17.5 Å². The van der Waals surface area contributed by atoms with Gasteiger partial charge in [-0.2, -0.15) is 0 Å². The third-order valence-corrected chi connectivity index (χ3v) is 12.9. The number of rotatable bonds is 7. The molecule has 12 rings (SSSR count). The number of hydrogen-bond donors (Lipinski definition) is 0. The largest absolute Gasteiger partial charge is 0.293 e. The van der Waals surface area contributed by atoms with E-state index in [2.05, 4.69) is 174 Å². The highest BCUT2D eigenvalue weighted by Gasteiger charge is 2.24. The van der Waals surface area contributed by atoms with Gasteiger partial charge < -0.3 is 0 Å². The summed E-state index contributed by atoms with van der Waals surface area (Å²) >= 11 is 1.84. The molecule has 0 saturated carbocycles. The summed E-state index contributed by atoms with van der Waals surface area (Å²) in [4.78, 5) is 21.3. The summed E-state index contributed by atoms with van der Waals surface area (Å²) in [5, 5.41) is 4.89. The van der Waals surface area contributed by atoms with Crippen LogP contribution in [-0.4, -0.2) is 24.5 Å². The summed E-state index contributed by atoms with van der Waals surface area (Å²) in [6.45, 7) is 0. The molecule has 290 valence electrons. The minimum Gasteiger partial charge on any atom is -0.293 e. The maximum atomic E-state index is 5.54. The van der Waals surface area contributed by atoms with E-state index in [0.29, 0.717) is 17.5 Å². The fraction of sp³-hybridized carbons (Fsp3) is 0. The van der Waals surface area contributed by atoms with Crippen molar-refractivity contribution in [1.29, 1.82) is 0 Å². The quantitative estimate of drug-likeness (QED) is 0.161. The Labute approximate surface area is 361 Å². The van der Waals surface area contributed by atoms with Gasteiger partial charge >= 0.3 is 0 Å². The molecule has 4 aromatic heterocycles. The highest BCUT2D eigenvalue weighted by molar-refractivity contribution is 7.26. The van der Waals surface area contributed by atoms with E-state index in [4.69, 9.17) is 19.9 Å². The molecule has 6 heteroatoms. The van der Waals surface area contributed by atoms with E-state index in [1.54, 1.807) is 0 Å². The van der Waals surface area contributed by atoms with Crippen LogP contribution in [0.5, 0.6) is 0 Å². The highest BCUT2D eigenvalue weighted by atomic mass is 32.1. The van der Waals surface area contributed by atoms with Gasteiger partial charge in [-0.1, -0.05) is 176 Å². The van der Waals surface area contributed by atoms with E-state index in [1.807, 2.05) is 53.9 Å². The molecule has 0 amide bonds. The topological polar surface area (TPSA) is 56.5 Å². The molecule has 12 aromatic rings. The molecule has 0 aliphatic heterocycles. The molecule has 0 aliphatic carbocycles. The van der Waals surface area contributed by atoms with Crippen molar-refractivity contribution >= 4 is 53.3 Å². The van der Waals surface area contributed by atoms with Crippen LogP contribution in [0.1, 0.15) is 0 Å². The van der Waals surface area contributed by atoms with E-state index >= 15 is 0 Å². The zero-order valence-electron chi connectivity index (χ0n) is 33.4. The zero-order chi connectivity index (χ0) is 41.0. The second-order valence-corrected chi connectivity index (χ2v) is 16.5. The first-order valence-electron chi connectivity index (χ1n) is 20.7. The van der Waals surface area contributed by atoms with Crippen molar-refractivity contribution in [3.05, 3.63) is 212 Å². The molecule has 0 fully saturated rings. The predicted octanol–water partition coefficient (Wildman–Crippen LogP) is 14.7. The second-order valence-electron chi connectivity index (χ2n) is 15.4. The third kappa shape index (κ3) is 5.99. The molecular weight excluding hydrogens is 775 g/mol. The maximum Gasteiger partial charge on any atom is 0.167 e. The van der Waals surface area contributed by atoms with Crippen LogP contribution in [0, 0.1) is 0 Å². The summed E-state index contributed by atoms with van der Waals surface area (Å²) in [6, 6.07) is 72.2. The van der Waals surface area contributed by atoms with Gasteiger partial charge in [0.25, 0.3) is 0 Å². The van der Waals surface area contributed by atoms with Crippen molar-refractivity contribution in [2.45, 2.75) is 0 Å². The Hall–Kier alpha value is -8.06. The Morgan fingerprint density at radius 1 is 0.355 bits per heavy atom. The van der Waals surface area contributed by atoms with E-state index in [9.17, 15) is 0 Å². The number of thiophene rings is 1. The molecule has 8 aromatic carbocycles. The Kier molecular flexibility index (Phi) is 8.61. The number of pyridine rings is 1. The molecule has 0 aliphatic rings. The Morgan fingerprint density at radius 2 is 0.887 bits per heavy atom. The van der Waals surface area contributed by atoms with E-state index in [0.717, 1.165) is 66.9 Å². The molecule has 62 heavy (non-hydrogen) atoms. The fourth-order valence-electron chi connectivity index (χ4n) is 8.95. The summed E-state index contributed by atoms with van der Waals surface area (Å²) in [6.07, 6.45) is 2.03. The average Bonchev–Trinajstić information content (AvgIpc) is 3.90. The van der Waals surface area contributed by atoms with E-state index < -0.39 is 0 Å². The van der Waals surface area contributed by atoms with Gasteiger partial charge in [0.05, 0.1) is 16.6 Å². The molecule has 0 bridgehead atoms. The van der Waals surface area contributed by atoms with Crippen LogP contribution >= 0.6 is 11.3 Å². The van der Waals surface area contributed by atoms with Gasteiger partial charge in [-0.3, -0.25) is 4.57 Å². The lowest BCUT2D eigenvalue weighted by atomic mass is 9.88. The van der Waals surface area contributed by atoms with E-state index in [1.165, 1.54) is 30.9 Å². The molecule has 0 unspecified atom stereocenters. The molecule has 0 spiro atoms. The Balaban J connectivity index is 1.21. The first-order valence-corrected chi connectivity index (χ1v) is 21.5. The molecule has 5 nitrogen and oxygen atoms in total. The number of aromatic nitrogens is 5. The second kappa shape index (κ2) is 14.9. The molecule has 0 saturated heterocycles. The van der Waals surface area contributed by atoms with Crippen molar-refractivity contribution in [3.63, 3.8) is 0 Å². The van der Waals surface area contributed by atoms with Gasteiger partial charge in [-0.15, -0.1) is 11.3 Å². The first-order chi connectivity index (χ1) is 30.8. The predicted molar refractivity (Wildman–Crippen MR) is 257 cm³/mol. The summed E-state index contributed by atoms with van der Waals surface area (Å²) in [5.74, 6) is 2.46. The van der Waals surface area contributed by atoms with Crippen LogP contribution in [-0.2, 0) is 0 Å². The minimum absolute atomic E-state index is 0.536. The molecule has 0 N–H and O–H groups in total. The van der Waals surface area contributed by atoms with E-state index in [-0.39, 0.29) is 0 Å². The molecule has 0 atom stereocenters. The Morgan fingerprint density at radius 3 is 1.52 bits per heavy atom. The number of nitrogens with zero attached hydrogens (tertiary/aromatic N) is 5. The highest BCUT2D eigenvalue weighted by Crippen LogP contribution is 2.46. The minimum atomic E-state index is 0.536. The zero-order valence-corrected chi connectivity index (χ0v) is 34.2. The summed E-state index contributed by atoms with van der Waals surface area (Å²) < 4.78 is 4.84. The van der Waals surface area contributed by atoms with Crippen LogP contribution in [0.25, 0.3) is 115 Å². The number of fused-ring (bicyclic) bond motifs is 7. The van der Waals surface area contributed by atoms with Gasteiger partial charge in [0, 0.05) is 53.8 Å². The molecular formula is C56H35N5S. The SMILES string of the molecule is c1ccc(-c2nc(-c3ccccc3)nc(-c3cc(-c4c(-c5ccccc5)cccc4-c4ccccc4)cnc3-n3c4ccccc4c4c5c(ccc43)sc3ccccc35)n2)cc1. The van der Waals surface area contributed by atoms with Gasteiger partial charge in [-0.05, 0) is 58.1 Å². The number of para-hydroxylation sites is 1. The van der Waals surface area contributed by atoms with Gasteiger partial charge in [0.1, 0.15) is 5.82 Å². The third-order valence-electron chi connectivity index (χ3n) is 11.7. The number of hydrogen-bond acceptors (Lipinski definition) is 5. The Bertz CT molecular complexity index is 3500. The fourth-order valence-corrected chi connectivity index (χ4v) is 10.1. The summed E-state index contributed by atoms with van der Waals surface area (Å²) in [7, 11) is 0. The van der Waals surface area contributed by atoms with Crippen LogP contribution < -0.4 is 0 Å². The van der Waals surface area contributed by atoms with Gasteiger partial charge in [0.2, 0.25) is 0 Å². The van der Waals surface area contributed by atoms with Gasteiger partial charge in [-0.25, -0.2) is 19.9 Å². The van der Waals surface area contributed by atoms with Crippen molar-refractivity contribution in [3.8, 4) is 73.4 Å². The van der Waals surface area contributed by atoms with Crippen LogP contribution in [0.2, 0.25) is 0 Å². The van der Waals surface area contributed by atoms with Crippen molar-refractivity contribution < 1.29 is 0 Å². The van der Waals surface area contributed by atoms with Crippen LogP contribution in [0.15, 0.2) is 212 Å². The first kappa shape index (κ1) is 35.8. The van der Waals surface area contributed by atoms with Crippen molar-refractivity contribution in [2.24, 2.45) is 0 Å². The lowest BCUT2D eigenvalue weighted by Gasteiger charge is -2.19. The normalized spacial score (nSPS) is 11.5. The lowest BCUT2D eigenvalue weighted by Crippen LogP contribution is -2.06. The number of benzene rings is 8. The molecule has 4 heterocycles. The maximum absolute atomic E-state index is 5.54. The standard InChI is InChI=1S/C56H35N5S/c1-5-18-36(19-6-1)41-28-17-29-42(37-20-7-2-8-21-37)50(41)40-34-45(55-59-53(38-22-9-3-10-23-38)58-54(60-55)39-24-11-4-12-25-39)56(57-35-40)61-46-30-15-13-26-43(46)51-47(61)32-33-49-52(51)44-27-14-16-31-48(44)62-49/h1-35H. The average molecular weight is 810 g/mol. The lowest BCUT2D eigenvalue weighted by molar-refractivity contribution is 1.04.